The van der Waals surface area contributed by atoms with Crippen LogP contribution in [0.15, 0.2) is 66.7 Å². The molecule has 1 amide bonds. The number of fused-ring (bicyclic) bond motifs is 1. The molecule has 0 aliphatic rings. The van der Waals surface area contributed by atoms with E-state index in [-0.39, 0.29) is 26.3 Å². The van der Waals surface area contributed by atoms with E-state index < -0.39 is 22.9 Å². The van der Waals surface area contributed by atoms with Gasteiger partial charge in [0.25, 0.3) is 11.6 Å². The normalized spacial score (nSPS) is 11.7. The number of carbonyl (C=O) groups is 2. The summed E-state index contributed by atoms with van der Waals surface area (Å²) in [5.41, 5.74) is 0.309. The Labute approximate surface area is 212 Å². The minimum Gasteiger partial charge on any atom is -0.443 e. The van der Waals surface area contributed by atoms with Crippen LogP contribution in [0.5, 0.6) is 0 Å². The summed E-state index contributed by atoms with van der Waals surface area (Å²) in [4.78, 5) is 36.6. The van der Waals surface area contributed by atoms with Gasteiger partial charge in [-0.05, 0) is 18.2 Å². The largest absolute Gasteiger partial charge is 0.443 e. The lowest BCUT2D eigenvalue weighted by molar-refractivity contribution is -0.384. The molecule has 1 aromatic heterocycles. The third-order valence-electron chi connectivity index (χ3n) is 4.76. The molecule has 0 saturated carbocycles. The van der Waals surface area contributed by atoms with Gasteiger partial charge in [-0.1, -0.05) is 71.2 Å². The minimum atomic E-state index is -1.34. The first-order chi connectivity index (χ1) is 16.2. The molecule has 0 saturated heterocycles. The zero-order valence-electron chi connectivity index (χ0n) is 17.0. The molecule has 1 unspecified atom stereocenters. The highest BCUT2D eigenvalue weighted by atomic mass is 35.5. The van der Waals surface area contributed by atoms with Gasteiger partial charge in [-0.25, -0.2) is 4.79 Å². The van der Waals surface area contributed by atoms with Crippen molar-refractivity contribution >= 4 is 79.5 Å². The molecule has 0 fully saturated rings. The van der Waals surface area contributed by atoms with E-state index in [2.05, 4.69) is 5.32 Å². The number of nitrogens with zero attached hydrogens (tertiary/aromatic N) is 1. The van der Waals surface area contributed by atoms with E-state index in [1.807, 2.05) is 0 Å². The van der Waals surface area contributed by atoms with Crippen LogP contribution in [0.1, 0.15) is 21.3 Å². The highest BCUT2D eigenvalue weighted by Crippen LogP contribution is 2.38. The summed E-state index contributed by atoms with van der Waals surface area (Å²) >= 11 is 19.6. The maximum absolute atomic E-state index is 13.1. The van der Waals surface area contributed by atoms with Gasteiger partial charge in [-0.3, -0.25) is 14.9 Å². The second kappa shape index (κ2) is 9.99. The summed E-state index contributed by atoms with van der Waals surface area (Å²) < 4.78 is 6.29. The van der Waals surface area contributed by atoms with Crippen molar-refractivity contribution in [3.63, 3.8) is 0 Å². The van der Waals surface area contributed by atoms with Crippen molar-refractivity contribution in [2.75, 3.05) is 5.32 Å². The number of esters is 1. The summed E-state index contributed by atoms with van der Waals surface area (Å²) in [6.07, 6.45) is -1.34. The van der Waals surface area contributed by atoms with Gasteiger partial charge in [0.1, 0.15) is 4.88 Å². The molecule has 0 spiro atoms. The topological polar surface area (TPSA) is 98.5 Å². The minimum absolute atomic E-state index is 0.0369. The van der Waals surface area contributed by atoms with Crippen LogP contribution in [0.2, 0.25) is 15.1 Å². The van der Waals surface area contributed by atoms with Crippen molar-refractivity contribution in [1.82, 2.24) is 0 Å². The fourth-order valence-electron chi connectivity index (χ4n) is 3.15. The van der Waals surface area contributed by atoms with Crippen LogP contribution in [-0.2, 0) is 9.53 Å². The van der Waals surface area contributed by atoms with Gasteiger partial charge in [0.05, 0.1) is 20.7 Å². The maximum atomic E-state index is 13.1. The van der Waals surface area contributed by atoms with Crippen molar-refractivity contribution in [2.45, 2.75) is 6.10 Å². The summed E-state index contributed by atoms with van der Waals surface area (Å²) in [6.45, 7) is 0. The van der Waals surface area contributed by atoms with Crippen molar-refractivity contribution in [3.8, 4) is 0 Å². The lowest BCUT2D eigenvalue weighted by Crippen LogP contribution is -2.26. The summed E-state index contributed by atoms with van der Waals surface area (Å²) in [7, 11) is 0. The van der Waals surface area contributed by atoms with Crippen LogP contribution in [0.4, 0.5) is 11.4 Å². The molecule has 11 heteroatoms. The van der Waals surface area contributed by atoms with Crippen molar-refractivity contribution in [3.05, 3.63) is 102 Å². The van der Waals surface area contributed by atoms with Gasteiger partial charge in [0.15, 0.2) is 0 Å². The molecule has 4 aromatic rings. The Balaban J connectivity index is 1.63. The number of amides is 1. The number of halogens is 3. The number of nitro benzene ring substituents is 1. The lowest BCUT2D eigenvalue weighted by Gasteiger charge is -2.18. The van der Waals surface area contributed by atoms with Crippen molar-refractivity contribution in [1.29, 1.82) is 0 Å². The summed E-state index contributed by atoms with van der Waals surface area (Å²) in [6, 6.07) is 17.0. The summed E-state index contributed by atoms with van der Waals surface area (Å²) in [5.74, 6) is -1.49. The predicted molar refractivity (Wildman–Crippen MR) is 133 cm³/mol. The van der Waals surface area contributed by atoms with E-state index >= 15 is 0 Å². The molecular formula is C23H13Cl3N2O5S. The maximum Gasteiger partial charge on any atom is 0.351 e. The van der Waals surface area contributed by atoms with Gasteiger partial charge >= 0.3 is 5.97 Å². The number of hydrogen-bond donors (Lipinski definition) is 1. The van der Waals surface area contributed by atoms with E-state index in [0.29, 0.717) is 20.7 Å². The molecule has 0 aliphatic carbocycles. The molecule has 0 bridgehead atoms. The number of hydrogen-bond acceptors (Lipinski definition) is 6. The van der Waals surface area contributed by atoms with E-state index in [1.165, 1.54) is 12.1 Å². The SMILES string of the molecule is O=C(OC(C(=O)Nc1ccc([N+](=O)[O-])cc1Cl)c1ccccc1)c1sc2cc(Cl)ccc2c1Cl. The second-order valence-corrected chi connectivity index (χ2v) is 9.27. The zero-order valence-corrected chi connectivity index (χ0v) is 20.0. The first kappa shape index (κ1) is 24.0. The molecule has 0 radical (unpaired) electrons. The first-order valence-electron chi connectivity index (χ1n) is 9.63. The van der Waals surface area contributed by atoms with Crippen molar-refractivity contribution in [2.24, 2.45) is 0 Å². The third-order valence-corrected chi connectivity index (χ3v) is 6.95. The molecule has 3 aromatic carbocycles. The second-order valence-electron chi connectivity index (χ2n) is 6.99. The number of carbonyl (C=O) groups excluding carboxylic acids is 2. The van der Waals surface area contributed by atoms with E-state index in [0.717, 1.165) is 17.4 Å². The predicted octanol–water partition coefficient (Wildman–Crippen LogP) is 7.31. The number of rotatable bonds is 6. The summed E-state index contributed by atoms with van der Waals surface area (Å²) in [5, 5.41) is 14.8. The smallest absolute Gasteiger partial charge is 0.351 e. The van der Waals surface area contributed by atoms with Crippen molar-refractivity contribution < 1.29 is 19.2 Å². The highest BCUT2D eigenvalue weighted by molar-refractivity contribution is 7.21. The molecule has 1 heterocycles. The van der Waals surface area contributed by atoms with E-state index in [4.69, 9.17) is 39.5 Å². The molecule has 0 aliphatic heterocycles. The van der Waals surface area contributed by atoms with Gasteiger partial charge in [-0.2, -0.15) is 0 Å². The number of ether oxygens (including phenoxy) is 1. The molecule has 1 N–H and O–H groups in total. The monoisotopic (exact) mass is 534 g/mol. The molecule has 172 valence electrons. The Kier molecular flexibility index (Phi) is 7.04. The quantitative estimate of drug-likeness (QED) is 0.159. The van der Waals surface area contributed by atoms with Crippen LogP contribution < -0.4 is 5.32 Å². The van der Waals surface area contributed by atoms with Gasteiger partial charge in [0.2, 0.25) is 6.10 Å². The Morgan fingerprint density at radius 3 is 2.41 bits per heavy atom. The fraction of sp³-hybridized carbons (Fsp3) is 0.0435. The fourth-order valence-corrected chi connectivity index (χ4v) is 5.04. The van der Waals surface area contributed by atoms with Gasteiger partial charge in [0, 0.05) is 32.8 Å². The van der Waals surface area contributed by atoms with E-state index in [1.54, 1.807) is 48.5 Å². The number of nitrogens with one attached hydrogen (secondary N) is 1. The van der Waals surface area contributed by atoms with Crippen LogP contribution in [-0.4, -0.2) is 16.8 Å². The molecule has 7 nitrogen and oxygen atoms in total. The number of thiophene rings is 1. The third kappa shape index (κ3) is 5.00. The first-order valence-corrected chi connectivity index (χ1v) is 11.6. The van der Waals surface area contributed by atoms with Crippen LogP contribution >= 0.6 is 46.1 Å². The number of nitro groups is 1. The standard InChI is InChI=1S/C23H13Cl3N2O5S/c24-13-6-8-15-18(10-13)34-21(19(15)26)23(30)33-20(12-4-2-1-3-5-12)22(29)27-17-9-7-14(28(31)32)11-16(17)25/h1-11,20H,(H,27,29). The lowest BCUT2D eigenvalue weighted by atomic mass is 10.1. The van der Waals surface area contributed by atoms with Crippen LogP contribution in [0, 0.1) is 10.1 Å². The van der Waals surface area contributed by atoms with Gasteiger partial charge < -0.3 is 10.1 Å². The Bertz CT molecular complexity index is 1430. The average molecular weight is 536 g/mol. The average Bonchev–Trinajstić information content (AvgIpc) is 3.14. The van der Waals surface area contributed by atoms with E-state index in [9.17, 15) is 19.7 Å². The molecule has 34 heavy (non-hydrogen) atoms. The molecule has 1 atom stereocenters. The Hall–Kier alpha value is -3.17. The zero-order chi connectivity index (χ0) is 24.4. The number of anilines is 1. The molecular weight excluding hydrogens is 523 g/mol. The van der Waals surface area contributed by atoms with Crippen LogP contribution in [0.3, 0.4) is 0 Å². The van der Waals surface area contributed by atoms with Crippen LogP contribution in [0.25, 0.3) is 10.1 Å². The number of non-ortho nitro benzene ring substituents is 1. The van der Waals surface area contributed by atoms with Gasteiger partial charge in [-0.15, -0.1) is 11.3 Å². The number of benzene rings is 3. The Morgan fingerprint density at radius 2 is 1.74 bits per heavy atom. The Morgan fingerprint density at radius 1 is 1.00 bits per heavy atom. The molecule has 4 rings (SSSR count). The highest BCUT2D eigenvalue weighted by Gasteiger charge is 2.29.